The Hall–Kier alpha value is -5.75. The van der Waals surface area contributed by atoms with E-state index in [0.29, 0.717) is 46.3 Å². The third kappa shape index (κ3) is 5.74. The minimum atomic E-state index is -1.89. The van der Waals surface area contributed by atoms with Crippen molar-refractivity contribution in [1.82, 2.24) is 15.6 Å². The van der Waals surface area contributed by atoms with E-state index in [1.54, 1.807) is 6.08 Å². The zero-order valence-corrected chi connectivity index (χ0v) is 22.5. The summed E-state index contributed by atoms with van der Waals surface area (Å²) in [6.07, 6.45) is 3.24. The average molecular weight is 571 g/mol. The van der Waals surface area contributed by atoms with Gasteiger partial charge in [-0.25, -0.2) is 0 Å². The molecular formula is C25H26N14O3. The molecule has 0 saturated heterocycles. The van der Waals surface area contributed by atoms with Crippen molar-refractivity contribution >= 4 is 28.6 Å². The number of Topliss-reactive ketones (excluding diaryl/α,β-unsaturated/α-hetero) is 1. The molecule has 1 aliphatic heterocycles. The van der Waals surface area contributed by atoms with Gasteiger partial charge in [0.05, 0.1) is 30.0 Å². The number of anilines is 2. The number of fused-ring (bicyclic) bond motifs is 1. The van der Waals surface area contributed by atoms with Crippen LogP contribution in [0.3, 0.4) is 0 Å². The van der Waals surface area contributed by atoms with Gasteiger partial charge in [0.2, 0.25) is 5.91 Å². The third-order valence-electron chi connectivity index (χ3n) is 7.32. The molecule has 1 unspecified atom stereocenters. The Balaban J connectivity index is 1.92. The summed E-state index contributed by atoms with van der Waals surface area (Å²) in [7, 11) is 0. The third-order valence-corrected chi connectivity index (χ3v) is 7.32. The summed E-state index contributed by atoms with van der Waals surface area (Å²) in [5, 5.41) is 23.1. The molecule has 1 aliphatic carbocycles. The molecule has 2 heterocycles. The number of dihydropyridines is 1. The fourth-order valence-corrected chi connectivity index (χ4v) is 5.37. The van der Waals surface area contributed by atoms with Crippen molar-refractivity contribution in [2.75, 3.05) is 31.5 Å². The van der Waals surface area contributed by atoms with Crippen LogP contribution in [0.15, 0.2) is 68.8 Å². The number of allylic oxidation sites excluding steroid dienone is 2. The number of nitrogens with one attached hydrogen (secondary N) is 4. The molecule has 2 aliphatic rings. The Morgan fingerprint density at radius 2 is 1.76 bits per heavy atom. The predicted molar refractivity (Wildman–Crippen MR) is 154 cm³/mol. The number of amides is 1. The summed E-state index contributed by atoms with van der Waals surface area (Å²) in [6, 6.07) is 9.19. The number of azide groups is 3. The molecular weight excluding hydrogens is 544 g/mol. The molecule has 1 amide bonds. The van der Waals surface area contributed by atoms with Gasteiger partial charge in [-0.15, -0.1) is 0 Å². The minimum Gasteiger partial charge on any atom is -0.368 e. The summed E-state index contributed by atoms with van der Waals surface area (Å²) in [4.78, 5) is 49.8. The molecule has 4 rings (SSSR count). The lowest BCUT2D eigenvalue weighted by Gasteiger charge is -2.46. The molecule has 17 heteroatoms. The van der Waals surface area contributed by atoms with E-state index in [1.807, 2.05) is 36.4 Å². The Morgan fingerprint density at radius 1 is 1.07 bits per heavy atom. The number of hydrogen-bond acceptors (Lipinski definition) is 9. The first-order chi connectivity index (χ1) is 20.3. The van der Waals surface area contributed by atoms with Crippen molar-refractivity contribution in [3.63, 3.8) is 0 Å². The van der Waals surface area contributed by atoms with Gasteiger partial charge in [-0.2, -0.15) is 4.91 Å². The first kappa shape index (κ1) is 29.2. The number of carbonyl (C=O) groups excluding carboxylic acids is 2. The molecule has 0 radical (unpaired) electrons. The molecule has 17 nitrogen and oxygen atoms in total. The van der Waals surface area contributed by atoms with Gasteiger partial charge in [-0.1, -0.05) is 44.8 Å². The Kier molecular flexibility index (Phi) is 8.78. The van der Waals surface area contributed by atoms with Crippen LogP contribution < -0.4 is 16.0 Å². The van der Waals surface area contributed by atoms with Gasteiger partial charge in [-0.05, 0) is 41.2 Å². The monoisotopic (exact) mass is 570 g/mol. The summed E-state index contributed by atoms with van der Waals surface area (Å²) in [6.45, 7) is 0.354. The fraction of sp³-hybridized carbons (Fsp3) is 0.360. The smallest absolute Gasteiger partial charge is 0.222 e. The Bertz CT molecular complexity index is 1590. The van der Waals surface area contributed by atoms with Crippen molar-refractivity contribution in [1.29, 1.82) is 0 Å². The molecule has 2 aromatic rings. The molecule has 4 N–H and O–H groups in total. The number of aromatic nitrogens is 1. The number of aromatic amines is 1. The number of carbonyl (C=O) groups is 2. The molecule has 0 saturated carbocycles. The minimum absolute atomic E-state index is 0.0298. The number of para-hydroxylation sites is 1. The molecule has 1 aromatic carbocycles. The average Bonchev–Trinajstić information content (AvgIpc) is 3.35. The van der Waals surface area contributed by atoms with Crippen LogP contribution in [0.1, 0.15) is 35.1 Å². The summed E-state index contributed by atoms with van der Waals surface area (Å²) in [5.74, 6) is -0.199. The van der Waals surface area contributed by atoms with Crippen LogP contribution in [0.4, 0.5) is 11.4 Å². The number of H-pyrrole nitrogens is 1. The molecule has 0 spiro atoms. The lowest BCUT2D eigenvalue weighted by atomic mass is 9.61. The van der Waals surface area contributed by atoms with E-state index < -0.39 is 29.8 Å². The molecule has 214 valence electrons. The van der Waals surface area contributed by atoms with Crippen LogP contribution in [-0.2, 0) is 11.2 Å². The van der Waals surface area contributed by atoms with Crippen LogP contribution in [0, 0.1) is 10.3 Å². The van der Waals surface area contributed by atoms with E-state index in [-0.39, 0.29) is 25.3 Å². The van der Waals surface area contributed by atoms with E-state index in [9.17, 15) is 14.5 Å². The van der Waals surface area contributed by atoms with E-state index in [2.05, 4.69) is 56.2 Å². The SMILES string of the molecule is CC(=O)NC1=CC(c2[nH]c3c(c2Nc2ccccc2)C(=O)CC(CN=[N+]=[N-])(C(CN=[N+]=[N-])(CN=[N+]=[N-])N=O)C3)=CCN1. The van der Waals surface area contributed by atoms with Crippen molar-refractivity contribution in [2.45, 2.75) is 25.3 Å². The fourth-order valence-electron chi connectivity index (χ4n) is 5.37. The first-order valence-corrected chi connectivity index (χ1v) is 12.7. The summed E-state index contributed by atoms with van der Waals surface area (Å²) >= 11 is 0. The van der Waals surface area contributed by atoms with Crippen LogP contribution >= 0.6 is 0 Å². The number of nitrogens with zero attached hydrogens (tertiary/aromatic N) is 10. The van der Waals surface area contributed by atoms with Gasteiger partial charge in [0.25, 0.3) is 0 Å². The second kappa shape index (κ2) is 12.6. The van der Waals surface area contributed by atoms with Gasteiger partial charge in [-0.3, -0.25) is 9.59 Å². The second-order valence-corrected chi connectivity index (χ2v) is 9.85. The van der Waals surface area contributed by atoms with Gasteiger partial charge in [0.15, 0.2) is 5.78 Å². The van der Waals surface area contributed by atoms with E-state index >= 15 is 0 Å². The number of rotatable bonds is 12. The largest absolute Gasteiger partial charge is 0.368 e. The topological polar surface area (TPSA) is 262 Å². The van der Waals surface area contributed by atoms with E-state index in [0.717, 1.165) is 0 Å². The lowest BCUT2D eigenvalue weighted by Crippen LogP contribution is -2.57. The zero-order chi connectivity index (χ0) is 30.2. The highest BCUT2D eigenvalue weighted by Crippen LogP contribution is 2.49. The predicted octanol–water partition coefficient (Wildman–Crippen LogP) is 5.27. The Morgan fingerprint density at radius 3 is 2.38 bits per heavy atom. The second-order valence-electron chi connectivity index (χ2n) is 9.85. The van der Waals surface area contributed by atoms with Crippen molar-refractivity contribution < 1.29 is 9.59 Å². The van der Waals surface area contributed by atoms with Crippen LogP contribution in [-0.4, -0.2) is 48.4 Å². The van der Waals surface area contributed by atoms with Gasteiger partial charge in [0.1, 0.15) is 11.4 Å². The van der Waals surface area contributed by atoms with E-state index in [4.69, 9.17) is 16.6 Å². The number of nitroso groups, excluding NO2 is 1. The molecule has 1 aromatic heterocycles. The highest BCUT2D eigenvalue weighted by molar-refractivity contribution is 6.07. The van der Waals surface area contributed by atoms with Crippen LogP contribution in [0.2, 0.25) is 0 Å². The molecule has 42 heavy (non-hydrogen) atoms. The Labute approximate surface area is 238 Å². The number of hydrogen-bond donors (Lipinski definition) is 4. The molecule has 0 fully saturated rings. The maximum atomic E-state index is 14.0. The van der Waals surface area contributed by atoms with Crippen LogP contribution in [0.25, 0.3) is 36.9 Å². The molecule has 0 bridgehead atoms. The van der Waals surface area contributed by atoms with Gasteiger partial charge in [0, 0.05) is 63.5 Å². The quantitative estimate of drug-likeness (QED) is 0.114. The highest BCUT2D eigenvalue weighted by Gasteiger charge is 2.56. The lowest BCUT2D eigenvalue weighted by molar-refractivity contribution is -0.118. The maximum Gasteiger partial charge on any atom is 0.222 e. The van der Waals surface area contributed by atoms with E-state index in [1.165, 1.54) is 6.92 Å². The van der Waals surface area contributed by atoms with Gasteiger partial charge >= 0.3 is 0 Å². The molecule has 1 atom stereocenters. The summed E-state index contributed by atoms with van der Waals surface area (Å²) in [5.41, 5.74) is 27.0. The first-order valence-electron chi connectivity index (χ1n) is 12.7. The zero-order valence-electron chi connectivity index (χ0n) is 22.5. The van der Waals surface area contributed by atoms with Crippen molar-refractivity contribution in [2.24, 2.45) is 25.9 Å². The number of benzene rings is 1. The summed E-state index contributed by atoms with van der Waals surface area (Å²) < 4.78 is 0. The maximum absolute atomic E-state index is 14.0. The number of ketones is 1. The van der Waals surface area contributed by atoms with Crippen molar-refractivity contribution in [3.05, 3.63) is 101 Å². The standard InChI is InChI=1S/C25H26N14O3/c1-15(40)33-20-9-16(7-8-29-20)22-23(34-17-5-3-2-4-6-17)21-18(35-22)10-24(11-19(21)41,12-30-37-26)25(36-42,13-31-38-27)14-32-39-28/h2-7,9,29,34-35H,8,10-14H2,1H3,(H,33,40). The van der Waals surface area contributed by atoms with Crippen LogP contribution in [0.5, 0.6) is 0 Å². The van der Waals surface area contributed by atoms with Gasteiger partial charge < -0.3 is 20.9 Å². The normalized spacial score (nSPS) is 18.6. The van der Waals surface area contributed by atoms with Crippen molar-refractivity contribution in [3.8, 4) is 0 Å². The highest BCUT2D eigenvalue weighted by atomic mass is 16.3.